The first kappa shape index (κ1) is 22.3. The highest BCUT2D eigenvalue weighted by atomic mass is 16.5. The second kappa shape index (κ2) is 10.6. The fraction of sp³-hybridized carbons (Fsp3) is 0.714. The summed E-state index contributed by atoms with van der Waals surface area (Å²) in [7, 11) is 0. The predicted octanol–water partition coefficient (Wildman–Crippen LogP) is 1.29. The summed E-state index contributed by atoms with van der Waals surface area (Å²) >= 11 is 0. The van der Waals surface area contributed by atoms with E-state index < -0.39 is 11.9 Å². The number of aryl methyl sites for hydroxylation is 1. The molecule has 0 radical (unpaired) electrons. The van der Waals surface area contributed by atoms with Crippen LogP contribution in [0.5, 0.6) is 0 Å². The minimum absolute atomic E-state index is 0.0665. The van der Waals surface area contributed by atoms with Crippen LogP contribution in [0.3, 0.4) is 0 Å². The maximum absolute atomic E-state index is 12.6. The van der Waals surface area contributed by atoms with Crippen molar-refractivity contribution in [3.8, 4) is 0 Å². The molecule has 1 aromatic heterocycles. The van der Waals surface area contributed by atoms with Gasteiger partial charge in [0.05, 0.1) is 11.6 Å². The van der Waals surface area contributed by atoms with Crippen LogP contribution >= 0.6 is 0 Å². The molecule has 2 atom stereocenters. The average molecular weight is 421 g/mol. The first-order valence-electron chi connectivity index (χ1n) is 10.9. The van der Waals surface area contributed by atoms with Crippen LogP contribution in [0.1, 0.15) is 55.9 Å². The third-order valence-electron chi connectivity index (χ3n) is 6.14. The van der Waals surface area contributed by atoms with E-state index in [2.05, 4.69) is 15.8 Å². The Hall–Kier alpha value is -2.42. The van der Waals surface area contributed by atoms with Crippen molar-refractivity contribution < 1.29 is 24.0 Å². The van der Waals surface area contributed by atoms with Crippen molar-refractivity contribution in [1.82, 2.24) is 20.7 Å². The van der Waals surface area contributed by atoms with Crippen LogP contribution in [0.25, 0.3) is 0 Å². The molecular formula is C21H32N4O5. The van der Waals surface area contributed by atoms with Gasteiger partial charge in [-0.3, -0.25) is 14.4 Å². The molecule has 2 saturated heterocycles. The van der Waals surface area contributed by atoms with Crippen molar-refractivity contribution in [1.29, 1.82) is 0 Å². The summed E-state index contributed by atoms with van der Waals surface area (Å²) < 4.78 is 5.05. The fourth-order valence-corrected chi connectivity index (χ4v) is 4.28. The van der Waals surface area contributed by atoms with E-state index in [1.807, 2.05) is 0 Å². The number of amides is 2. The summed E-state index contributed by atoms with van der Waals surface area (Å²) in [6.07, 6.45) is 5.15. The lowest BCUT2D eigenvalue weighted by Crippen LogP contribution is -2.46. The minimum Gasteiger partial charge on any atom is -0.481 e. The van der Waals surface area contributed by atoms with Crippen LogP contribution in [0, 0.1) is 18.8 Å². The summed E-state index contributed by atoms with van der Waals surface area (Å²) in [6.45, 7) is 4.78. The molecule has 2 aliphatic rings. The molecule has 3 rings (SSSR count). The normalized spacial score (nSPS) is 21.2. The third-order valence-corrected chi connectivity index (χ3v) is 6.14. The van der Waals surface area contributed by atoms with Gasteiger partial charge in [0.25, 0.3) is 0 Å². The maximum atomic E-state index is 12.6. The Kier molecular flexibility index (Phi) is 7.84. The number of carboxylic acids is 1. The highest BCUT2D eigenvalue weighted by molar-refractivity contribution is 5.82. The molecule has 0 spiro atoms. The number of likely N-dealkylation sites (tertiary alicyclic amines) is 1. The number of nitrogens with zero attached hydrogens (tertiary/aromatic N) is 2. The van der Waals surface area contributed by atoms with Gasteiger partial charge < -0.3 is 25.2 Å². The third kappa shape index (κ3) is 6.04. The molecule has 9 nitrogen and oxygen atoms in total. The van der Waals surface area contributed by atoms with Crippen molar-refractivity contribution in [2.24, 2.45) is 11.8 Å². The van der Waals surface area contributed by atoms with Crippen LogP contribution in [-0.2, 0) is 14.4 Å². The Morgan fingerprint density at radius 2 is 2.10 bits per heavy atom. The molecule has 0 bridgehead atoms. The molecule has 2 fully saturated rings. The number of nitrogens with one attached hydrogen (secondary N) is 2. The monoisotopic (exact) mass is 420 g/mol. The van der Waals surface area contributed by atoms with E-state index in [0.29, 0.717) is 37.5 Å². The van der Waals surface area contributed by atoms with Crippen molar-refractivity contribution >= 4 is 17.8 Å². The number of hydrogen-bond acceptors (Lipinski definition) is 6. The van der Waals surface area contributed by atoms with Crippen molar-refractivity contribution in [3.05, 3.63) is 17.5 Å². The van der Waals surface area contributed by atoms with Gasteiger partial charge in [-0.2, -0.15) is 0 Å². The molecule has 0 aliphatic carbocycles. The number of carbonyl (C=O) groups is 3. The molecule has 3 heterocycles. The molecule has 9 heteroatoms. The minimum atomic E-state index is -1.08. The predicted molar refractivity (Wildman–Crippen MR) is 109 cm³/mol. The molecule has 2 amide bonds. The van der Waals surface area contributed by atoms with E-state index in [4.69, 9.17) is 4.52 Å². The van der Waals surface area contributed by atoms with Gasteiger partial charge >= 0.3 is 5.97 Å². The van der Waals surface area contributed by atoms with E-state index in [9.17, 15) is 19.5 Å². The quantitative estimate of drug-likeness (QED) is 0.579. The number of carbonyl (C=O) groups excluding carboxylic acids is 2. The van der Waals surface area contributed by atoms with E-state index in [-0.39, 0.29) is 30.0 Å². The first-order chi connectivity index (χ1) is 14.4. The van der Waals surface area contributed by atoms with Gasteiger partial charge in [-0.05, 0) is 58.0 Å². The largest absolute Gasteiger partial charge is 0.481 e. The second-order valence-corrected chi connectivity index (χ2v) is 8.42. The molecule has 0 unspecified atom stereocenters. The van der Waals surface area contributed by atoms with Crippen LogP contribution in [-0.4, -0.2) is 65.7 Å². The zero-order chi connectivity index (χ0) is 21.5. The lowest BCUT2D eigenvalue weighted by molar-refractivity contribution is -0.139. The maximum Gasteiger partial charge on any atom is 0.316 e. The SMILES string of the molecule is Cc1cc([C@H](CNC(=O)[C@@H]2CCCN(C(=O)CCC3CCNCC3)C2)C(=O)O)on1. The van der Waals surface area contributed by atoms with Crippen LogP contribution in [0.15, 0.2) is 10.6 Å². The zero-order valence-electron chi connectivity index (χ0n) is 17.6. The van der Waals surface area contributed by atoms with Crippen LogP contribution in [0.4, 0.5) is 0 Å². The summed E-state index contributed by atoms with van der Waals surface area (Å²) in [5.41, 5.74) is 0.591. The first-order valence-corrected chi connectivity index (χ1v) is 10.9. The van der Waals surface area contributed by atoms with Crippen molar-refractivity contribution in [2.45, 2.75) is 51.4 Å². The van der Waals surface area contributed by atoms with Gasteiger partial charge in [-0.15, -0.1) is 0 Å². The van der Waals surface area contributed by atoms with Gasteiger partial charge in [0.2, 0.25) is 11.8 Å². The molecule has 3 N–H and O–H groups in total. The highest BCUT2D eigenvalue weighted by Gasteiger charge is 2.31. The molecule has 166 valence electrons. The number of aliphatic carboxylic acids is 1. The number of rotatable bonds is 8. The van der Waals surface area contributed by atoms with E-state index in [1.54, 1.807) is 17.9 Å². The smallest absolute Gasteiger partial charge is 0.316 e. The lowest BCUT2D eigenvalue weighted by Gasteiger charge is -2.33. The number of carboxylic acid groups (broad SMARTS) is 1. The molecule has 0 saturated carbocycles. The van der Waals surface area contributed by atoms with Crippen LogP contribution < -0.4 is 10.6 Å². The number of aromatic nitrogens is 1. The van der Waals surface area contributed by atoms with Gasteiger partial charge in [0.1, 0.15) is 5.92 Å². The van der Waals surface area contributed by atoms with E-state index in [0.717, 1.165) is 38.8 Å². The summed E-state index contributed by atoms with van der Waals surface area (Å²) in [5, 5.41) is 19.2. The Bertz CT molecular complexity index is 744. The Morgan fingerprint density at radius 3 is 2.77 bits per heavy atom. The molecule has 0 aromatic carbocycles. The Labute approximate surface area is 176 Å². The zero-order valence-corrected chi connectivity index (χ0v) is 17.6. The van der Waals surface area contributed by atoms with E-state index in [1.165, 1.54) is 0 Å². The standard InChI is InChI=1S/C21H32N4O5/c1-14-11-18(30-24-14)17(21(28)29)12-23-20(27)16-3-2-10-25(13-16)19(26)5-4-15-6-8-22-9-7-15/h11,15-17,22H,2-10,12-13H2,1H3,(H,23,27)(H,28,29)/t16-,17+/m1/s1. The topological polar surface area (TPSA) is 125 Å². The van der Waals surface area contributed by atoms with Crippen LogP contribution in [0.2, 0.25) is 0 Å². The summed E-state index contributed by atoms with van der Waals surface area (Å²) in [6, 6.07) is 1.56. The van der Waals surface area contributed by atoms with Crippen molar-refractivity contribution in [2.75, 3.05) is 32.7 Å². The molecule has 30 heavy (non-hydrogen) atoms. The van der Waals surface area contributed by atoms with Gasteiger partial charge in [0, 0.05) is 32.1 Å². The fourth-order valence-electron chi connectivity index (χ4n) is 4.28. The Balaban J connectivity index is 1.47. The van der Waals surface area contributed by atoms with Gasteiger partial charge in [-0.25, -0.2) is 0 Å². The lowest BCUT2D eigenvalue weighted by atomic mass is 9.92. The number of piperidine rings is 2. The number of hydrogen-bond donors (Lipinski definition) is 3. The van der Waals surface area contributed by atoms with E-state index >= 15 is 0 Å². The average Bonchev–Trinajstić information content (AvgIpc) is 3.18. The van der Waals surface area contributed by atoms with Gasteiger partial charge in [0.15, 0.2) is 5.76 Å². The molecule has 1 aromatic rings. The Morgan fingerprint density at radius 1 is 1.33 bits per heavy atom. The van der Waals surface area contributed by atoms with Crippen molar-refractivity contribution in [3.63, 3.8) is 0 Å². The second-order valence-electron chi connectivity index (χ2n) is 8.42. The van der Waals surface area contributed by atoms with Gasteiger partial charge in [-0.1, -0.05) is 5.16 Å². The summed E-state index contributed by atoms with van der Waals surface area (Å²) in [4.78, 5) is 38.6. The summed E-state index contributed by atoms with van der Waals surface area (Å²) in [5.74, 6) is -1.65. The highest BCUT2D eigenvalue weighted by Crippen LogP contribution is 2.22. The molecule has 2 aliphatic heterocycles. The molecular weight excluding hydrogens is 388 g/mol.